The second-order valence-corrected chi connectivity index (χ2v) is 14.2. The molecule has 5 heterocycles. The van der Waals surface area contributed by atoms with Crippen molar-refractivity contribution >= 4 is 86.0 Å². The largest absolute Gasteiger partial charge is 0.477 e. The molecule has 4 N–H and O–H groups in total. The SMILES string of the molecule is CCn1cc(C(=O)OCC2=C(C(=O)O)N3C(=O)[C@@H](NC(=O)/C(=N/OC)c4csc(N)n4)C3SC2)c(=O)c2cc(F)c(N3CCSCC3)cc21. The number of anilines is 2. The number of fused-ring (bicyclic) bond motifs is 2. The zero-order valence-corrected chi connectivity index (χ0v) is 28.6. The van der Waals surface area contributed by atoms with Crippen LogP contribution in [-0.4, -0.2) is 105 Å². The summed E-state index contributed by atoms with van der Waals surface area (Å²) in [5.41, 5.74) is 5.11. The van der Waals surface area contributed by atoms with Gasteiger partial charge in [0.25, 0.3) is 11.8 Å². The maximum atomic E-state index is 15.3. The minimum absolute atomic E-state index is 0.0154. The molecule has 0 aliphatic carbocycles. The fourth-order valence-electron chi connectivity index (χ4n) is 5.78. The van der Waals surface area contributed by atoms with Crippen molar-refractivity contribution in [2.75, 3.05) is 54.7 Å². The van der Waals surface area contributed by atoms with Crippen LogP contribution in [0, 0.1) is 5.82 Å². The normalized spacial score (nSPS) is 19.4. The van der Waals surface area contributed by atoms with E-state index in [1.165, 1.54) is 18.7 Å². The van der Waals surface area contributed by atoms with Crippen molar-refractivity contribution in [2.45, 2.75) is 24.9 Å². The van der Waals surface area contributed by atoms with Gasteiger partial charge in [-0.15, -0.1) is 23.1 Å². The molecule has 258 valence electrons. The Morgan fingerprint density at radius 1 is 1.22 bits per heavy atom. The van der Waals surface area contributed by atoms with E-state index in [-0.39, 0.29) is 44.5 Å². The first-order chi connectivity index (χ1) is 23.5. The molecule has 0 saturated carbocycles. The van der Waals surface area contributed by atoms with Crippen LogP contribution in [-0.2, 0) is 30.5 Å². The fourth-order valence-corrected chi connectivity index (χ4v) is 8.56. The molecule has 15 nitrogen and oxygen atoms in total. The minimum atomic E-state index is -1.44. The van der Waals surface area contributed by atoms with Crippen molar-refractivity contribution < 1.29 is 38.2 Å². The molecule has 2 atom stereocenters. The number of pyridine rings is 1. The van der Waals surface area contributed by atoms with Crippen molar-refractivity contribution in [3.05, 3.63) is 62.3 Å². The highest BCUT2D eigenvalue weighted by molar-refractivity contribution is 8.00. The molecule has 3 aliphatic heterocycles. The Labute approximate surface area is 290 Å². The van der Waals surface area contributed by atoms with E-state index >= 15 is 4.39 Å². The number of benzene rings is 1. The Bertz CT molecular complexity index is 1990. The average molecular weight is 732 g/mol. The van der Waals surface area contributed by atoms with Crippen molar-refractivity contribution in [1.29, 1.82) is 0 Å². The number of carbonyl (C=O) groups is 4. The van der Waals surface area contributed by atoms with Gasteiger partial charge in [0, 0.05) is 59.4 Å². The number of aromatic nitrogens is 2. The summed E-state index contributed by atoms with van der Waals surface area (Å²) in [5, 5.41) is 17.2. The molecule has 6 rings (SSSR count). The lowest BCUT2D eigenvalue weighted by Gasteiger charge is -2.49. The number of thiazole rings is 1. The summed E-state index contributed by atoms with van der Waals surface area (Å²) in [6.45, 7) is 3.01. The number of carbonyl (C=O) groups excluding carboxylic acids is 3. The second kappa shape index (κ2) is 14.1. The average Bonchev–Trinajstić information content (AvgIpc) is 3.53. The lowest BCUT2D eigenvalue weighted by atomic mass is 10.0. The standard InChI is InChI=1S/C30H30FN7O8S3/c1-3-36-10-16(24(39)15-8-17(31)20(9-19(15)36)37-4-6-47-7-5-37)29(44)46-11-14-12-48-27-22(26(41)38(27)23(14)28(42)43)34-25(40)21(35-45-2)18-13-49-30(32)33-18/h8-10,13,22,27H,3-7,11-12H2,1-2H3,(H2,32,33)(H,34,40)(H,42,43)/b35-21+/t22-,27?/m1/s1. The number of halogens is 1. The van der Waals surface area contributed by atoms with Crippen molar-refractivity contribution in [2.24, 2.45) is 5.16 Å². The number of oxime groups is 1. The van der Waals surface area contributed by atoms with Crippen LogP contribution < -0.4 is 21.4 Å². The molecule has 49 heavy (non-hydrogen) atoms. The molecule has 2 saturated heterocycles. The number of amides is 2. The quantitative estimate of drug-likeness (QED) is 0.118. The molecule has 2 fully saturated rings. The summed E-state index contributed by atoms with van der Waals surface area (Å²) in [7, 11) is 1.23. The number of hydrogen-bond donors (Lipinski definition) is 3. The predicted molar refractivity (Wildman–Crippen MR) is 183 cm³/mol. The van der Waals surface area contributed by atoms with E-state index in [0.29, 0.717) is 30.8 Å². The number of rotatable bonds is 10. The number of nitrogen functional groups attached to an aromatic ring is 1. The zero-order valence-electron chi connectivity index (χ0n) is 26.1. The highest BCUT2D eigenvalue weighted by Crippen LogP contribution is 2.40. The third-order valence-electron chi connectivity index (χ3n) is 8.14. The van der Waals surface area contributed by atoms with Gasteiger partial charge in [-0.1, -0.05) is 5.16 Å². The molecule has 2 aromatic heterocycles. The number of thioether (sulfide) groups is 2. The summed E-state index contributed by atoms with van der Waals surface area (Å²) in [4.78, 5) is 76.9. The summed E-state index contributed by atoms with van der Waals surface area (Å²) >= 11 is 4.02. The molecule has 0 radical (unpaired) electrons. The van der Waals surface area contributed by atoms with Crippen LogP contribution in [0.25, 0.3) is 10.9 Å². The molecular weight excluding hydrogens is 702 g/mol. The van der Waals surface area contributed by atoms with Crippen LogP contribution in [0.15, 0.2) is 44.9 Å². The van der Waals surface area contributed by atoms with Gasteiger partial charge in [0.1, 0.15) is 47.9 Å². The smallest absolute Gasteiger partial charge is 0.352 e. The number of esters is 1. The van der Waals surface area contributed by atoms with Gasteiger partial charge in [-0.05, 0) is 19.1 Å². The number of carboxylic acid groups (broad SMARTS) is 1. The molecule has 3 aromatic rings. The van der Waals surface area contributed by atoms with Gasteiger partial charge in [-0.25, -0.2) is 19.0 Å². The molecule has 0 bridgehead atoms. The number of aliphatic carboxylic acids is 1. The summed E-state index contributed by atoms with van der Waals surface area (Å²) in [6, 6.07) is 1.68. The number of nitrogens with zero attached hydrogens (tertiary/aromatic N) is 5. The summed E-state index contributed by atoms with van der Waals surface area (Å²) < 4.78 is 22.4. The Balaban J connectivity index is 1.19. The fraction of sp³-hybridized carbons (Fsp3) is 0.367. The van der Waals surface area contributed by atoms with Crippen molar-refractivity contribution in [1.82, 2.24) is 19.8 Å². The lowest BCUT2D eigenvalue weighted by Crippen LogP contribution is -2.71. The van der Waals surface area contributed by atoms with Gasteiger partial charge < -0.3 is 35.2 Å². The Kier molecular flexibility index (Phi) is 9.84. The number of carboxylic acids is 1. The van der Waals surface area contributed by atoms with Crippen LogP contribution in [0.3, 0.4) is 0 Å². The van der Waals surface area contributed by atoms with Gasteiger partial charge >= 0.3 is 11.9 Å². The number of ether oxygens (including phenoxy) is 1. The first-order valence-electron chi connectivity index (χ1n) is 14.9. The van der Waals surface area contributed by atoms with Crippen LogP contribution in [0.4, 0.5) is 15.2 Å². The summed E-state index contributed by atoms with van der Waals surface area (Å²) in [5.74, 6) is -2.75. The Morgan fingerprint density at radius 2 is 1.98 bits per heavy atom. The third-order valence-corrected chi connectivity index (χ3v) is 11.1. The second-order valence-electron chi connectivity index (χ2n) is 11.0. The van der Waals surface area contributed by atoms with E-state index in [2.05, 4.69) is 15.5 Å². The highest BCUT2D eigenvalue weighted by atomic mass is 32.2. The van der Waals surface area contributed by atoms with Gasteiger partial charge in [-0.3, -0.25) is 19.3 Å². The number of nitrogens with one attached hydrogen (secondary N) is 1. The first kappa shape index (κ1) is 34.3. The van der Waals surface area contributed by atoms with Crippen LogP contribution in [0.1, 0.15) is 23.0 Å². The number of nitrogens with two attached hydrogens (primary N) is 1. The molecule has 3 aliphatic rings. The topological polar surface area (TPSA) is 199 Å². The van der Waals surface area contributed by atoms with E-state index in [1.807, 2.05) is 11.8 Å². The Morgan fingerprint density at radius 3 is 2.63 bits per heavy atom. The number of β-lactam (4-membered cyclic amide) rings is 1. The maximum Gasteiger partial charge on any atom is 0.352 e. The van der Waals surface area contributed by atoms with E-state index < -0.39 is 53.0 Å². The van der Waals surface area contributed by atoms with Crippen LogP contribution in [0.5, 0.6) is 0 Å². The third kappa shape index (κ3) is 6.44. The number of hydrogen-bond acceptors (Lipinski definition) is 14. The van der Waals surface area contributed by atoms with E-state index in [0.717, 1.165) is 45.6 Å². The van der Waals surface area contributed by atoms with Gasteiger partial charge in [0.15, 0.2) is 10.8 Å². The van der Waals surface area contributed by atoms with Gasteiger partial charge in [-0.2, -0.15) is 11.8 Å². The van der Waals surface area contributed by atoms with E-state index in [9.17, 15) is 29.1 Å². The molecule has 1 unspecified atom stereocenters. The minimum Gasteiger partial charge on any atom is -0.477 e. The predicted octanol–water partition coefficient (Wildman–Crippen LogP) is 1.70. The lowest BCUT2D eigenvalue weighted by molar-refractivity contribution is -0.150. The summed E-state index contributed by atoms with van der Waals surface area (Å²) in [6.07, 6.45) is 1.35. The Hall–Kier alpha value is -4.62. The van der Waals surface area contributed by atoms with Gasteiger partial charge in [0.05, 0.1) is 11.2 Å². The van der Waals surface area contributed by atoms with Crippen molar-refractivity contribution in [3.8, 4) is 0 Å². The number of aryl methyl sites for hydroxylation is 1. The van der Waals surface area contributed by atoms with Crippen molar-refractivity contribution in [3.63, 3.8) is 0 Å². The van der Waals surface area contributed by atoms with E-state index in [1.54, 1.807) is 22.4 Å². The van der Waals surface area contributed by atoms with Gasteiger partial charge in [0.2, 0.25) is 5.43 Å². The van der Waals surface area contributed by atoms with E-state index in [4.69, 9.17) is 15.3 Å². The molecule has 2 amide bonds. The molecular formula is C30H30FN7O8S3. The molecule has 0 spiro atoms. The molecule has 1 aromatic carbocycles. The molecule has 19 heteroatoms. The van der Waals surface area contributed by atoms with Crippen LogP contribution in [0.2, 0.25) is 0 Å². The highest BCUT2D eigenvalue weighted by Gasteiger charge is 2.54. The van der Waals surface area contributed by atoms with Crippen LogP contribution >= 0.6 is 34.9 Å². The zero-order chi connectivity index (χ0) is 35.0. The first-order valence-corrected chi connectivity index (χ1v) is 18.0. The maximum absolute atomic E-state index is 15.3. The monoisotopic (exact) mass is 731 g/mol.